The molecule has 0 radical (unpaired) electrons. The molecule has 1 atom stereocenters. The summed E-state index contributed by atoms with van der Waals surface area (Å²) in [5.41, 5.74) is 3.55. The zero-order valence-corrected chi connectivity index (χ0v) is 20.7. The molecule has 6 nitrogen and oxygen atoms in total. The molecule has 0 saturated heterocycles. The van der Waals surface area contributed by atoms with Crippen molar-refractivity contribution in [1.82, 2.24) is 14.9 Å². The fraction of sp³-hybridized carbons (Fsp3) is 0.231. The van der Waals surface area contributed by atoms with Crippen LogP contribution in [0.15, 0.2) is 60.7 Å². The summed E-state index contributed by atoms with van der Waals surface area (Å²) in [4.78, 5) is 17.7. The molecule has 176 valence electrons. The number of carbonyl (C=O) groups is 1. The molecule has 8 heteroatoms. The number of nitrogens with one attached hydrogen (secondary N) is 1. The molecule has 1 heterocycles. The van der Waals surface area contributed by atoms with Crippen LogP contribution in [0, 0.1) is 0 Å². The number of para-hydroxylation sites is 2. The van der Waals surface area contributed by atoms with Gasteiger partial charge in [-0.3, -0.25) is 4.79 Å². The highest BCUT2D eigenvalue weighted by molar-refractivity contribution is 6.35. The number of benzene rings is 3. The minimum atomic E-state index is -0.328. The Balaban J connectivity index is 1.58. The average Bonchev–Trinajstić information content (AvgIpc) is 3.19. The number of ether oxygens (including phenoxy) is 2. The number of hydrogen-bond donors (Lipinski definition) is 1. The summed E-state index contributed by atoms with van der Waals surface area (Å²) in [6.45, 7) is 2.43. The van der Waals surface area contributed by atoms with Gasteiger partial charge in [-0.2, -0.15) is 0 Å². The van der Waals surface area contributed by atoms with Crippen molar-refractivity contribution >= 4 is 40.1 Å². The van der Waals surface area contributed by atoms with Gasteiger partial charge in [0.2, 0.25) is 5.91 Å². The maximum atomic E-state index is 12.9. The molecular weight excluding hydrogens is 473 g/mol. The van der Waals surface area contributed by atoms with Crippen molar-refractivity contribution in [2.75, 3.05) is 14.2 Å². The number of aromatic nitrogens is 2. The van der Waals surface area contributed by atoms with Gasteiger partial charge in [0.1, 0.15) is 5.82 Å². The average molecular weight is 498 g/mol. The van der Waals surface area contributed by atoms with Gasteiger partial charge >= 0.3 is 0 Å². The monoisotopic (exact) mass is 497 g/mol. The van der Waals surface area contributed by atoms with Gasteiger partial charge in [-0.1, -0.05) is 47.5 Å². The first-order valence-corrected chi connectivity index (χ1v) is 11.5. The number of nitrogens with zero attached hydrogens (tertiary/aromatic N) is 2. The van der Waals surface area contributed by atoms with Crippen LogP contribution in [0.25, 0.3) is 11.0 Å². The summed E-state index contributed by atoms with van der Waals surface area (Å²) in [6.07, 6.45) is 0.202. The molecule has 0 aliphatic carbocycles. The Morgan fingerprint density at radius 1 is 1.03 bits per heavy atom. The fourth-order valence-electron chi connectivity index (χ4n) is 3.94. The lowest BCUT2D eigenvalue weighted by Crippen LogP contribution is -2.30. The molecule has 1 aromatic heterocycles. The molecule has 0 fully saturated rings. The van der Waals surface area contributed by atoms with Gasteiger partial charge in [-0.25, -0.2) is 4.98 Å². The SMILES string of the molecule is COc1ccc(CC(=O)NC(C)c2nc3ccccc3n2Cc2ccc(Cl)cc2Cl)cc1OC. The number of amides is 1. The molecule has 3 aromatic carbocycles. The van der Waals surface area contributed by atoms with Crippen molar-refractivity contribution in [3.05, 3.63) is 87.7 Å². The smallest absolute Gasteiger partial charge is 0.224 e. The Morgan fingerprint density at radius 3 is 2.53 bits per heavy atom. The molecule has 0 aliphatic heterocycles. The Hall–Kier alpha value is -3.22. The molecule has 0 saturated carbocycles. The maximum absolute atomic E-state index is 12.9. The quantitative estimate of drug-likeness (QED) is 0.332. The minimum absolute atomic E-state index is 0.122. The van der Waals surface area contributed by atoms with Crippen molar-refractivity contribution in [1.29, 1.82) is 0 Å². The predicted octanol–water partition coefficient (Wildman–Crippen LogP) is 5.83. The van der Waals surface area contributed by atoms with Crippen LogP contribution in [-0.4, -0.2) is 29.7 Å². The summed E-state index contributed by atoms with van der Waals surface area (Å²) < 4.78 is 12.7. The van der Waals surface area contributed by atoms with E-state index in [1.165, 1.54) is 0 Å². The Labute approximate surface area is 208 Å². The number of rotatable bonds is 8. The third-order valence-electron chi connectivity index (χ3n) is 5.61. The summed E-state index contributed by atoms with van der Waals surface area (Å²) in [5.74, 6) is 1.83. The molecule has 4 rings (SSSR count). The summed E-state index contributed by atoms with van der Waals surface area (Å²) in [5, 5.41) is 4.24. The largest absolute Gasteiger partial charge is 0.493 e. The molecule has 0 bridgehead atoms. The van der Waals surface area contributed by atoms with Crippen LogP contribution in [0.3, 0.4) is 0 Å². The second-order valence-corrected chi connectivity index (χ2v) is 8.78. The first-order chi connectivity index (χ1) is 16.4. The second kappa shape index (κ2) is 10.4. The second-order valence-electron chi connectivity index (χ2n) is 7.94. The van der Waals surface area contributed by atoms with Crippen molar-refractivity contribution in [3.63, 3.8) is 0 Å². The standard InChI is InChI=1S/C26H25Cl2N3O3/c1-16(29-25(32)13-17-8-11-23(33-2)24(12-17)34-3)26-30-21-6-4-5-7-22(21)31(26)15-18-9-10-19(27)14-20(18)28/h4-12,14,16H,13,15H2,1-3H3,(H,29,32). The van der Waals surface area contributed by atoms with E-state index in [-0.39, 0.29) is 18.4 Å². The van der Waals surface area contributed by atoms with Crippen molar-refractivity contribution < 1.29 is 14.3 Å². The van der Waals surface area contributed by atoms with Crippen LogP contribution >= 0.6 is 23.2 Å². The lowest BCUT2D eigenvalue weighted by atomic mass is 10.1. The summed E-state index contributed by atoms with van der Waals surface area (Å²) in [6, 6.07) is 18.4. The molecule has 1 unspecified atom stereocenters. The summed E-state index contributed by atoms with van der Waals surface area (Å²) >= 11 is 12.5. The first-order valence-electron chi connectivity index (χ1n) is 10.8. The van der Waals surface area contributed by atoms with Gasteiger partial charge in [-0.15, -0.1) is 0 Å². The highest BCUT2D eigenvalue weighted by Gasteiger charge is 2.20. The van der Waals surface area contributed by atoms with Gasteiger partial charge in [0.15, 0.2) is 11.5 Å². The van der Waals surface area contributed by atoms with Crippen molar-refractivity contribution in [3.8, 4) is 11.5 Å². The third-order valence-corrected chi connectivity index (χ3v) is 6.19. The van der Waals surface area contributed by atoms with Crippen molar-refractivity contribution in [2.24, 2.45) is 0 Å². The zero-order valence-electron chi connectivity index (χ0n) is 19.1. The van der Waals surface area contributed by atoms with E-state index >= 15 is 0 Å². The lowest BCUT2D eigenvalue weighted by molar-refractivity contribution is -0.121. The van der Waals surface area contributed by atoms with Crippen LogP contribution < -0.4 is 14.8 Å². The maximum Gasteiger partial charge on any atom is 0.224 e. The molecule has 0 spiro atoms. The number of imidazole rings is 1. The zero-order chi connectivity index (χ0) is 24.2. The Morgan fingerprint density at radius 2 is 1.79 bits per heavy atom. The van der Waals surface area contributed by atoms with Crippen LogP contribution in [0.1, 0.15) is 29.9 Å². The molecular formula is C26H25Cl2N3O3. The van der Waals surface area contributed by atoms with E-state index < -0.39 is 0 Å². The van der Waals surface area contributed by atoms with Gasteiger partial charge < -0.3 is 19.4 Å². The number of fused-ring (bicyclic) bond motifs is 1. The van der Waals surface area contributed by atoms with Gasteiger partial charge in [0, 0.05) is 10.0 Å². The van der Waals surface area contributed by atoms with E-state index in [2.05, 4.69) is 9.88 Å². The predicted molar refractivity (Wildman–Crippen MR) is 135 cm³/mol. The van der Waals surface area contributed by atoms with Crippen LogP contribution in [0.4, 0.5) is 0 Å². The lowest BCUT2D eigenvalue weighted by Gasteiger charge is -2.17. The fourth-order valence-corrected chi connectivity index (χ4v) is 4.41. The van der Waals surface area contributed by atoms with Crippen LogP contribution in [0.5, 0.6) is 11.5 Å². The first kappa shape index (κ1) is 23.9. The Bertz CT molecular complexity index is 1340. The van der Waals surface area contributed by atoms with E-state index in [0.29, 0.717) is 28.1 Å². The Kier molecular flexibility index (Phi) is 7.29. The van der Waals surface area contributed by atoms with E-state index in [9.17, 15) is 4.79 Å². The molecule has 1 N–H and O–H groups in total. The van der Waals surface area contributed by atoms with Gasteiger partial charge in [-0.05, 0) is 54.4 Å². The van der Waals surface area contributed by atoms with Gasteiger partial charge in [0.25, 0.3) is 0 Å². The van der Waals surface area contributed by atoms with E-state index in [1.54, 1.807) is 32.4 Å². The molecule has 1 amide bonds. The number of methoxy groups -OCH3 is 2. The van der Waals surface area contributed by atoms with Gasteiger partial charge in [0.05, 0.1) is 44.3 Å². The molecule has 4 aromatic rings. The highest BCUT2D eigenvalue weighted by Crippen LogP contribution is 2.29. The van der Waals surface area contributed by atoms with Crippen LogP contribution in [-0.2, 0) is 17.8 Å². The number of carbonyl (C=O) groups excluding carboxylic acids is 1. The number of halogens is 2. The molecule has 34 heavy (non-hydrogen) atoms. The number of hydrogen-bond acceptors (Lipinski definition) is 4. The van der Waals surface area contributed by atoms with Crippen LogP contribution in [0.2, 0.25) is 10.0 Å². The van der Waals surface area contributed by atoms with Crippen molar-refractivity contribution in [2.45, 2.75) is 25.9 Å². The van der Waals surface area contributed by atoms with E-state index in [1.807, 2.05) is 49.4 Å². The normalized spacial score (nSPS) is 11.9. The third kappa shape index (κ3) is 5.13. The minimum Gasteiger partial charge on any atom is -0.493 e. The van der Waals surface area contributed by atoms with E-state index in [4.69, 9.17) is 37.7 Å². The topological polar surface area (TPSA) is 65.4 Å². The highest BCUT2D eigenvalue weighted by atomic mass is 35.5. The molecule has 0 aliphatic rings. The summed E-state index contributed by atoms with van der Waals surface area (Å²) in [7, 11) is 3.15. The van der Waals surface area contributed by atoms with E-state index in [0.717, 1.165) is 28.0 Å².